The second-order valence-corrected chi connectivity index (χ2v) is 6.37. The molecule has 0 aliphatic carbocycles. The highest BCUT2D eigenvalue weighted by Crippen LogP contribution is 2.33. The summed E-state index contributed by atoms with van der Waals surface area (Å²) in [5.74, 6) is 0.0803. The number of rotatable bonds is 2. The Labute approximate surface area is 125 Å². The predicted molar refractivity (Wildman–Crippen MR) is 81.3 cm³/mol. The Morgan fingerprint density at radius 3 is 3.05 bits per heavy atom. The molecular weight excluding hydrogens is 264 g/mol. The number of piperidine rings is 1. The van der Waals surface area contributed by atoms with Gasteiger partial charge in [-0.15, -0.1) is 0 Å². The van der Waals surface area contributed by atoms with E-state index in [0.29, 0.717) is 5.56 Å². The monoisotopic (exact) mass is 286 g/mol. The van der Waals surface area contributed by atoms with E-state index >= 15 is 0 Å². The molecule has 0 spiro atoms. The van der Waals surface area contributed by atoms with Crippen LogP contribution in [0.4, 0.5) is 0 Å². The van der Waals surface area contributed by atoms with Crippen LogP contribution in [0, 0.1) is 12.3 Å². The van der Waals surface area contributed by atoms with Gasteiger partial charge in [-0.2, -0.15) is 5.10 Å². The molecule has 0 aromatic carbocycles. The molecule has 0 N–H and O–H groups in total. The van der Waals surface area contributed by atoms with Crippen LogP contribution in [0.5, 0.6) is 0 Å². The fraction of sp³-hybridized carbons (Fsp3) is 0.562. The van der Waals surface area contributed by atoms with E-state index in [0.717, 1.165) is 37.3 Å². The summed E-state index contributed by atoms with van der Waals surface area (Å²) in [6.45, 7) is 8.04. The molecule has 1 aliphatic heterocycles. The van der Waals surface area contributed by atoms with E-state index in [2.05, 4.69) is 23.9 Å². The number of hydrogen-bond acceptors (Lipinski definition) is 3. The molecule has 0 radical (unpaired) electrons. The molecule has 5 nitrogen and oxygen atoms in total. The molecule has 0 saturated carbocycles. The molecule has 1 aliphatic rings. The van der Waals surface area contributed by atoms with E-state index in [4.69, 9.17) is 0 Å². The number of aromatic nitrogens is 3. The average molecular weight is 286 g/mol. The van der Waals surface area contributed by atoms with Gasteiger partial charge in [0, 0.05) is 25.4 Å². The summed E-state index contributed by atoms with van der Waals surface area (Å²) in [7, 11) is 0. The summed E-state index contributed by atoms with van der Waals surface area (Å²) in [6, 6.07) is 1.84. The average Bonchev–Trinajstić information content (AvgIpc) is 2.93. The van der Waals surface area contributed by atoms with Crippen molar-refractivity contribution in [3.05, 3.63) is 29.7 Å². The zero-order chi connectivity index (χ0) is 15.0. The maximum Gasteiger partial charge on any atom is 0.257 e. The summed E-state index contributed by atoms with van der Waals surface area (Å²) in [5, 5.41) is 4.18. The van der Waals surface area contributed by atoms with Gasteiger partial charge in [0.15, 0.2) is 5.65 Å². The van der Waals surface area contributed by atoms with Crippen molar-refractivity contribution in [3.8, 4) is 0 Å². The Kier molecular flexibility index (Phi) is 3.43. The summed E-state index contributed by atoms with van der Waals surface area (Å²) in [6.07, 6.45) is 6.88. The number of hydrogen-bond donors (Lipinski definition) is 0. The standard InChI is InChI=1S/C16H22N4O/c1-4-16(3)7-5-9-19(11-16)15(21)13-10-20-14(6-8-17-20)18-12(13)2/h6,8,10H,4-5,7,9,11H2,1-3H3. The molecule has 1 fully saturated rings. The molecule has 5 heteroatoms. The van der Waals surface area contributed by atoms with Gasteiger partial charge in [0.1, 0.15) is 0 Å². The predicted octanol–water partition coefficient (Wildman–Crippen LogP) is 2.69. The molecule has 0 bridgehead atoms. The maximum atomic E-state index is 12.8. The van der Waals surface area contributed by atoms with E-state index in [1.54, 1.807) is 16.9 Å². The van der Waals surface area contributed by atoms with Crippen LogP contribution >= 0.6 is 0 Å². The van der Waals surface area contributed by atoms with Crippen LogP contribution in [-0.2, 0) is 0 Å². The van der Waals surface area contributed by atoms with Crippen molar-refractivity contribution in [3.63, 3.8) is 0 Å². The van der Waals surface area contributed by atoms with Crippen molar-refractivity contribution >= 4 is 11.6 Å². The third-order valence-electron chi connectivity index (χ3n) is 4.72. The lowest BCUT2D eigenvalue weighted by Crippen LogP contribution is -2.44. The smallest absolute Gasteiger partial charge is 0.257 e. The summed E-state index contributed by atoms with van der Waals surface area (Å²) >= 11 is 0. The Morgan fingerprint density at radius 1 is 1.48 bits per heavy atom. The molecule has 1 saturated heterocycles. The Hall–Kier alpha value is -1.91. The van der Waals surface area contributed by atoms with Gasteiger partial charge in [-0.3, -0.25) is 4.79 Å². The van der Waals surface area contributed by atoms with Crippen LogP contribution in [0.15, 0.2) is 18.5 Å². The van der Waals surface area contributed by atoms with Crippen molar-refractivity contribution in [1.82, 2.24) is 19.5 Å². The Balaban J connectivity index is 1.91. The Bertz CT molecular complexity index is 678. The van der Waals surface area contributed by atoms with Crippen LogP contribution in [0.3, 0.4) is 0 Å². The van der Waals surface area contributed by atoms with Crippen molar-refractivity contribution < 1.29 is 4.79 Å². The van der Waals surface area contributed by atoms with E-state index < -0.39 is 0 Å². The molecule has 3 heterocycles. The van der Waals surface area contributed by atoms with Crippen molar-refractivity contribution in [1.29, 1.82) is 0 Å². The largest absolute Gasteiger partial charge is 0.338 e. The summed E-state index contributed by atoms with van der Waals surface area (Å²) < 4.78 is 1.67. The Morgan fingerprint density at radius 2 is 2.29 bits per heavy atom. The molecule has 1 amide bonds. The van der Waals surface area contributed by atoms with Gasteiger partial charge in [0.25, 0.3) is 5.91 Å². The number of likely N-dealkylation sites (tertiary alicyclic amines) is 1. The molecule has 1 atom stereocenters. The highest BCUT2D eigenvalue weighted by molar-refractivity contribution is 5.95. The zero-order valence-corrected chi connectivity index (χ0v) is 13.0. The molecule has 1 unspecified atom stereocenters. The molecule has 21 heavy (non-hydrogen) atoms. The van der Waals surface area contributed by atoms with Crippen LogP contribution in [0.1, 0.15) is 49.2 Å². The minimum absolute atomic E-state index is 0.0803. The van der Waals surface area contributed by atoms with Gasteiger partial charge in [-0.1, -0.05) is 13.8 Å². The molecule has 3 rings (SSSR count). The first kappa shape index (κ1) is 14.0. The van der Waals surface area contributed by atoms with Crippen LogP contribution in [-0.4, -0.2) is 38.5 Å². The summed E-state index contributed by atoms with van der Waals surface area (Å²) in [4.78, 5) is 19.3. The summed E-state index contributed by atoms with van der Waals surface area (Å²) in [5.41, 5.74) is 2.45. The fourth-order valence-electron chi connectivity index (χ4n) is 3.10. The first-order valence-corrected chi connectivity index (χ1v) is 7.63. The third kappa shape index (κ3) is 2.52. The number of carbonyl (C=O) groups is 1. The van der Waals surface area contributed by atoms with Gasteiger partial charge < -0.3 is 4.90 Å². The number of nitrogens with zero attached hydrogens (tertiary/aromatic N) is 4. The van der Waals surface area contributed by atoms with Gasteiger partial charge >= 0.3 is 0 Å². The molecule has 2 aromatic rings. The normalized spacial score (nSPS) is 22.7. The van der Waals surface area contributed by atoms with E-state index in [-0.39, 0.29) is 11.3 Å². The number of aryl methyl sites for hydroxylation is 1. The quantitative estimate of drug-likeness (QED) is 0.853. The number of amides is 1. The van der Waals surface area contributed by atoms with Crippen molar-refractivity contribution in [2.24, 2.45) is 5.41 Å². The lowest BCUT2D eigenvalue weighted by Gasteiger charge is -2.40. The fourth-order valence-corrected chi connectivity index (χ4v) is 3.10. The topological polar surface area (TPSA) is 50.5 Å². The molecular formula is C16H22N4O. The SMILES string of the molecule is CCC1(C)CCCN(C(=O)c2cn3nccc3nc2C)C1. The third-order valence-corrected chi connectivity index (χ3v) is 4.72. The van der Waals surface area contributed by atoms with E-state index in [1.807, 2.05) is 17.9 Å². The maximum absolute atomic E-state index is 12.8. The van der Waals surface area contributed by atoms with Crippen LogP contribution in [0.2, 0.25) is 0 Å². The highest BCUT2D eigenvalue weighted by atomic mass is 16.2. The lowest BCUT2D eigenvalue weighted by molar-refractivity contribution is 0.0541. The first-order chi connectivity index (χ1) is 10.0. The van der Waals surface area contributed by atoms with Crippen LogP contribution < -0.4 is 0 Å². The molecule has 2 aromatic heterocycles. The minimum atomic E-state index is 0.0803. The van der Waals surface area contributed by atoms with Gasteiger partial charge in [0.2, 0.25) is 0 Å². The highest BCUT2D eigenvalue weighted by Gasteiger charge is 2.32. The minimum Gasteiger partial charge on any atom is -0.338 e. The zero-order valence-electron chi connectivity index (χ0n) is 13.0. The molecule has 112 valence electrons. The van der Waals surface area contributed by atoms with Crippen molar-refractivity contribution in [2.45, 2.75) is 40.0 Å². The van der Waals surface area contributed by atoms with E-state index in [1.165, 1.54) is 6.42 Å². The van der Waals surface area contributed by atoms with Crippen molar-refractivity contribution in [2.75, 3.05) is 13.1 Å². The van der Waals surface area contributed by atoms with Gasteiger partial charge in [0.05, 0.1) is 17.5 Å². The second kappa shape index (κ2) is 5.13. The second-order valence-electron chi connectivity index (χ2n) is 6.37. The lowest BCUT2D eigenvalue weighted by atomic mass is 9.79. The van der Waals surface area contributed by atoms with Gasteiger partial charge in [-0.25, -0.2) is 9.50 Å². The number of fused-ring (bicyclic) bond motifs is 1. The first-order valence-electron chi connectivity index (χ1n) is 7.63. The number of carbonyl (C=O) groups excluding carboxylic acids is 1. The van der Waals surface area contributed by atoms with Gasteiger partial charge in [-0.05, 0) is 31.6 Å². The van der Waals surface area contributed by atoms with E-state index in [9.17, 15) is 4.79 Å². The van der Waals surface area contributed by atoms with Crippen LogP contribution in [0.25, 0.3) is 5.65 Å².